The van der Waals surface area contributed by atoms with E-state index in [0.29, 0.717) is 11.8 Å². The van der Waals surface area contributed by atoms with Crippen molar-refractivity contribution in [1.82, 2.24) is 5.32 Å². The van der Waals surface area contributed by atoms with E-state index in [4.69, 9.17) is 0 Å². The van der Waals surface area contributed by atoms with Crippen LogP contribution in [0.4, 0.5) is 0 Å². The summed E-state index contributed by atoms with van der Waals surface area (Å²) in [5, 5.41) is 13.6. The van der Waals surface area contributed by atoms with Crippen LogP contribution in [0.5, 0.6) is 0 Å². The Balaban J connectivity index is 3.69. The highest BCUT2D eigenvalue weighted by Gasteiger charge is 2.22. The second-order valence-corrected chi connectivity index (χ2v) is 5.94. The molecule has 0 rings (SSSR count). The Morgan fingerprint density at radius 2 is 1.88 bits per heavy atom. The molecule has 2 unspecified atom stereocenters. The quantitative estimate of drug-likeness (QED) is 0.595. The molecule has 0 aliphatic carbocycles. The fourth-order valence-electron chi connectivity index (χ4n) is 2.20. The fraction of sp³-hybridized carbons (Fsp3) is 1.00. The van der Waals surface area contributed by atoms with E-state index in [-0.39, 0.29) is 0 Å². The molecule has 0 spiro atoms. The lowest BCUT2D eigenvalue weighted by Crippen LogP contribution is -2.32. The lowest BCUT2D eigenvalue weighted by atomic mass is 9.88. The molecule has 0 amide bonds. The molecule has 2 nitrogen and oxygen atoms in total. The second-order valence-electron chi connectivity index (χ2n) is 5.94. The van der Waals surface area contributed by atoms with Crippen molar-refractivity contribution in [2.75, 3.05) is 13.1 Å². The van der Waals surface area contributed by atoms with Gasteiger partial charge in [-0.05, 0) is 44.7 Å². The summed E-state index contributed by atoms with van der Waals surface area (Å²) in [4.78, 5) is 0. The summed E-state index contributed by atoms with van der Waals surface area (Å²) in [6.45, 7) is 12.8. The summed E-state index contributed by atoms with van der Waals surface area (Å²) in [7, 11) is 0. The third kappa shape index (κ3) is 9.17. The predicted molar refractivity (Wildman–Crippen MR) is 71.6 cm³/mol. The third-order valence-electron chi connectivity index (χ3n) is 2.96. The molecular formula is C14H31NO. The van der Waals surface area contributed by atoms with Crippen molar-refractivity contribution in [3.63, 3.8) is 0 Å². The zero-order valence-electron chi connectivity index (χ0n) is 11.8. The van der Waals surface area contributed by atoms with Crippen LogP contribution < -0.4 is 5.32 Å². The van der Waals surface area contributed by atoms with Crippen molar-refractivity contribution in [1.29, 1.82) is 0 Å². The smallest absolute Gasteiger partial charge is 0.0634 e. The first kappa shape index (κ1) is 15.9. The van der Waals surface area contributed by atoms with E-state index in [0.717, 1.165) is 25.9 Å². The monoisotopic (exact) mass is 229 g/mol. The number of nitrogens with one attached hydrogen (secondary N) is 1. The van der Waals surface area contributed by atoms with Gasteiger partial charge in [0.05, 0.1) is 5.60 Å². The Morgan fingerprint density at radius 1 is 1.25 bits per heavy atom. The van der Waals surface area contributed by atoms with Crippen molar-refractivity contribution in [3.8, 4) is 0 Å². The van der Waals surface area contributed by atoms with Crippen LogP contribution in [0.25, 0.3) is 0 Å². The first-order valence-corrected chi connectivity index (χ1v) is 6.80. The maximum atomic E-state index is 10.2. The lowest BCUT2D eigenvalue weighted by molar-refractivity contribution is 0.0267. The predicted octanol–water partition coefficient (Wildman–Crippen LogP) is 3.20. The van der Waals surface area contributed by atoms with Crippen molar-refractivity contribution in [2.45, 2.75) is 65.9 Å². The highest BCUT2D eigenvalue weighted by atomic mass is 16.3. The third-order valence-corrected chi connectivity index (χ3v) is 2.96. The molecule has 0 bridgehead atoms. The second kappa shape index (κ2) is 8.08. The average molecular weight is 229 g/mol. The van der Waals surface area contributed by atoms with Crippen LogP contribution in [0.1, 0.15) is 60.3 Å². The van der Waals surface area contributed by atoms with Gasteiger partial charge < -0.3 is 10.4 Å². The molecule has 16 heavy (non-hydrogen) atoms. The van der Waals surface area contributed by atoms with E-state index >= 15 is 0 Å². The first-order valence-electron chi connectivity index (χ1n) is 6.80. The molecule has 0 saturated heterocycles. The van der Waals surface area contributed by atoms with Gasteiger partial charge in [0.15, 0.2) is 0 Å². The summed E-state index contributed by atoms with van der Waals surface area (Å²) >= 11 is 0. The Morgan fingerprint density at radius 3 is 2.38 bits per heavy atom. The fourth-order valence-corrected chi connectivity index (χ4v) is 2.20. The largest absolute Gasteiger partial charge is 0.390 e. The van der Waals surface area contributed by atoms with Gasteiger partial charge in [-0.3, -0.25) is 0 Å². The summed E-state index contributed by atoms with van der Waals surface area (Å²) in [6.07, 6.45) is 4.20. The molecule has 2 atom stereocenters. The minimum Gasteiger partial charge on any atom is -0.390 e. The number of hydrogen-bond donors (Lipinski definition) is 2. The van der Waals surface area contributed by atoms with Crippen LogP contribution >= 0.6 is 0 Å². The van der Waals surface area contributed by atoms with Crippen LogP contribution in [-0.2, 0) is 0 Å². The lowest BCUT2D eigenvalue weighted by Gasteiger charge is -2.27. The van der Waals surface area contributed by atoms with Crippen LogP contribution in [-0.4, -0.2) is 23.8 Å². The normalized spacial score (nSPS) is 17.4. The molecule has 0 fully saturated rings. The minimum absolute atomic E-state index is 0.501. The Hall–Kier alpha value is -0.0800. The van der Waals surface area contributed by atoms with Gasteiger partial charge in [-0.1, -0.05) is 40.5 Å². The summed E-state index contributed by atoms with van der Waals surface area (Å²) < 4.78 is 0. The average Bonchev–Trinajstić information content (AvgIpc) is 2.11. The number of aliphatic hydroxyl groups is 1. The van der Waals surface area contributed by atoms with E-state index in [1.807, 2.05) is 6.92 Å². The molecule has 2 N–H and O–H groups in total. The van der Waals surface area contributed by atoms with E-state index < -0.39 is 5.60 Å². The van der Waals surface area contributed by atoms with Gasteiger partial charge in [0, 0.05) is 0 Å². The van der Waals surface area contributed by atoms with Crippen molar-refractivity contribution in [2.24, 2.45) is 11.8 Å². The van der Waals surface area contributed by atoms with E-state index in [1.165, 1.54) is 12.8 Å². The first-order chi connectivity index (χ1) is 7.37. The summed E-state index contributed by atoms with van der Waals surface area (Å²) in [5.41, 5.74) is -0.501. The molecule has 0 saturated carbocycles. The summed E-state index contributed by atoms with van der Waals surface area (Å²) in [5.74, 6) is 1.31. The number of hydrogen-bond acceptors (Lipinski definition) is 2. The van der Waals surface area contributed by atoms with Gasteiger partial charge in [0.25, 0.3) is 0 Å². The zero-order valence-corrected chi connectivity index (χ0v) is 11.8. The minimum atomic E-state index is -0.501. The molecule has 0 aromatic rings. The van der Waals surface area contributed by atoms with Gasteiger partial charge in [-0.2, -0.15) is 0 Å². The Labute approximate surface area is 102 Å². The SMILES string of the molecule is CCCC(C)CC(C)(O)CCNCC(C)C. The summed E-state index contributed by atoms with van der Waals surface area (Å²) in [6, 6.07) is 0. The Kier molecular flexibility index (Phi) is 8.04. The van der Waals surface area contributed by atoms with E-state index in [1.54, 1.807) is 0 Å². The van der Waals surface area contributed by atoms with Gasteiger partial charge in [-0.15, -0.1) is 0 Å². The maximum absolute atomic E-state index is 10.2. The van der Waals surface area contributed by atoms with Crippen LogP contribution in [0, 0.1) is 11.8 Å². The molecule has 0 aliphatic heterocycles. The molecule has 0 aliphatic rings. The topological polar surface area (TPSA) is 32.3 Å². The highest BCUT2D eigenvalue weighted by molar-refractivity contribution is 4.76. The molecule has 0 aromatic heterocycles. The molecular weight excluding hydrogens is 198 g/mol. The van der Waals surface area contributed by atoms with Crippen molar-refractivity contribution in [3.05, 3.63) is 0 Å². The maximum Gasteiger partial charge on any atom is 0.0634 e. The van der Waals surface area contributed by atoms with E-state index in [2.05, 4.69) is 33.0 Å². The Bertz CT molecular complexity index is 166. The van der Waals surface area contributed by atoms with Gasteiger partial charge >= 0.3 is 0 Å². The van der Waals surface area contributed by atoms with Crippen LogP contribution in [0.2, 0.25) is 0 Å². The molecule has 2 heteroatoms. The van der Waals surface area contributed by atoms with Gasteiger partial charge in [-0.25, -0.2) is 0 Å². The molecule has 0 heterocycles. The van der Waals surface area contributed by atoms with Crippen molar-refractivity contribution < 1.29 is 5.11 Å². The molecule has 0 radical (unpaired) electrons. The van der Waals surface area contributed by atoms with Crippen molar-refractivity contribution >= 4 is 0 Å². The highest BCUT2D eigenvalue weighted by Crippen LogP contribution is 2.22. The van der Waals surface area contributed by atoms with E-state index in [9.17, 15) is 5.11 Å². The zero-order chi connectivity index (χ0) is 12.6. The number of rotatable bonds is 9. The molecule has 98 valence electrons. The molecule has 0 aromatic carbocycles. The van der Waals surface area contributed by atoms with Gasteiger partial charge in [0.1, 0.15) is 0 Å². The standard InChI is InChI=1S/C14H31NO/c1-6-7-13(4)10-14(5,16)8-9-15-11-12(2)3/h12-13,15-16H,6-11H2,1-5H3. The van der Waals surface area contributed by atoms with Crippen LogP contribution in [0.15, 0.2) is 0 Å². The van der Waals surface area contributed by atoms with Gasteiger partial charge in [0.2, 0.25) is 0 Å². The van der Waals surface area contributed by atoms with Crippen LogP contribution in [0.3, 0.4) is 0 Å².